The lowest BCUT2D eigenvalue weighted by Crippen LogP contribution is -2.33. The van der Waals surface area contributed by atoms with E-state index >= 15 is 0 Å². The highest BCUT2D eigenvalue weighted by molar-refractivity contribution is 5.81. The molecule has 4 heteroatoms. The molecule has 0 aromatic heterocycles. The molecule has 0 aromatic carbocycles. The van der Waals surface area contributed by atoms with Crippen LogP contribution in [0.25, 0.3) is 0 Å². The molecule has 1 aliphatic heterocycles. The predicted octanol–water partition coefficient (Wildman–Crippen LogP) is 1.15. The van der Waals surface area contributed by atoms with Gasteiger partial charge in [-0.25, -0.2) is 0 Å². The largest absolute Gasteiger partial charge is 0.369 e. The van der Waals surface area contributed by atoms with Crippen LogP contribution in [0.5, 0.6) is 0 Å². The summed E-state index contributed by atoms with van der Waals surface area (Å²) in [6.07, 6.45) is 6.76. The zero-order valence-corrected chi connectivity index (χ0v) is 10.8. The third-order valence-corrected chi connectivity index (χ3v) is 5.26. The number of hydrogen-bond acceptors (Lipinski definition) is 2. The smallest absolute Gasteiger partial charge is 0.222 e. The number of fused-ring (bicyclic) bond motifs is 2. The maximum atomic E-state index is 12.2. The van der Waals surface area contributed by atoms with Crippen molar-refractivity contribution in [1.29, 1.82) is 0 Å². The number of nitrogens with two attached hydrogens (primary N) is 1. The standard InChI is InChI=1S/C14H22N2O2/c15-14(18)11-3-4-16(8-11)13(17)7-12-6-9-1-2-10(12)5-9/h9-12H,1-8H2,(H2,15,18)/t9-,10-,11+,12-/m0/s1. The van der Waals surface area contributed by atoms with Crippen molar-refractivity contribution in [3.8, 4) is 0 Å². The van der Waals surface area contributed by atoms with E-state index < -0.39 is 0 Å². The zero-order chi connectivity index (χ0) is 12.7. The molecule has 18 heavy (non-hydrogen) atoms. The van der Waals surface area contributed by atoms with E-state index in [4.69, 9.17) is 5.73 Å². The van der Waals surface area contributed by atoms with Crippen LogP contribution in [-0.4, -0.2) is 29.8 Å². The van der Waals surface area contributed by atoms with Crippen LogP contribution in [-0.2, 0) is 9.59 Å². The molecule has 2 saturated carbocycles. The minimum atomic E-state index is -0.259. The van der Waals surface area contributed by atoms with Gasteiger partial charge in [-0.15, -0.1) is 0 Å². The monoisotopic (exact) mass is 250 g/mol. The Bertz CT molecular complexity index is 369. The van der Waals surface area contributed by atoms with E-state index in [9.17, 15) is 9.59 Å². The normalized spacial score (nSPS) is 38.3. The summed E-state index contributed by atoms with van der Waals surface area (Å²) in [5.41, 5.74) is 5.30. The van der Waals surface area contributed by atoms with E-state index in [0.717, 1.165) is 18.3 Å². The SMILES string of the molecule is NC(=O)[C@@H]1CCN(C(=O)C[C@@H]2C[C@H]3CC[C@H]2C3)C1. The van der Waals surface area contributed by atoms with Crippen LogP contribution in [0.4, 0.5) is 0 Å². The Kier molecular flexibility index (Phi) is 3.04. The van der Waals surface area contributed by atoms with Crippen LogP contribution < -0.4 is 5.73 Å². The number of carbonyl (C=O) groups is 2. The molecule has 4 atom stereocenters. The summed E-state index contributed by atoms with van der Waals surface area (Å²) in [6.45, 7) is 1.27. The Morgan fingerprint density at radius 3 is 2.56 bits per heavy atom. The Balaban J connectivity index is 1.52. The lowest BCUT2D eigenvalue weighted by Gasteiger charge is -2.24. The lowest BCUT2D eigenvalue weighted by atomic mass is 9.86. The molecule has 0 unspecified atom stereocenters. The van der Waals surface area contributed by atoms with E-state index in [1.165, 1.54) is 25.7 Å². The van der Waals surface area contributed by atoms with Crippen LogP contribution in [0.3, 0.4) is 0 Å². The maximum Gasteiger partial charge on any atom is 0.222 e. The molecule has 4 nitrogen and oxygen atoms in total. The van der Waals surface area contributed by atoms with Crippen molar-refractivity contribution in [3.63, 3.8) is 0 Å². The third kappa shape index (κ3) is 2.13. The summed E-state index contributed by atoms with van der Waals surface area (Å²) in [4.78, 5) is 25.2. The molecular formula is C14H22N2O2. The molecule has 3 aliphatic rings. The van der Waals surface area contributed by atoms with Crippen molar-refractivity contribution >= 4 is 11.8 Å². The molecule has 1 saturated heterocycles. The van der Waals surface area contributed by atoms with Gasteiger partial charge in [0, 0.05) is 19.5 Å². The predicted molar refractivity (Wildman–Crippen MR) is 67.4 cm³/mol. The first-order valence-corrected chi connectivity index (χ1v) is 7.20. The lowest BCUT2D eigenvalue weighted by molar-refractivity contribution is -0.131. The number of likely N-dealkylation sites (tertiary alicyclic amines) is 1. The molecule has 0 aromatic rings. The van der Waals surface area contributed by atoms with Gasteiger partial charge >= 0.3 is 0 Å². The molecule has 3 rings (SSSR count). The summed E-state index contributed by atoms with van der Waals surface area (Å²) < 4.78 is 0. The molecule has 0 radical (unpaired) electrons. The number of nitrogens with zero attached hydrogens (tertiary/aromatic N) is 1. The summed E-state index contributed by atoms with van der Waals surface area (Å²) in [5.74, 6) is 2.18. The first-order valence-electron chi connectivity index (χ1n) is 7.20. The molecule has 1 heterocycles. The fraction of sp³-hybridized carbons (Fsp3) is 0.857. The van der Waals surface area contributed by atoms with Gasteiger partial charge in [0.05, 0.1) is 5.92 Å². The first kappa shape index (κ1) is 12.0. The van der Waals surface area contributed by atoms with Crippen molar-refractivity contribution < 1.29 is 9.59 Å². The Morgan fingerprint density at radius 1 is 1.17 bits per heavy atom. The topological polar surface area (TPSA) is 63.4 Å². The molecule has 2 amide bonds. The highest BCUT2D eigenvalue weighted by atomic mass is 16.2. The molecule has 2 N–H and O–H groups in total. The van der Waals surface area contributed by atoms with Crippen LogP contribution in [0.1, 0.15) is 38.5 Å². The Morgan fingerprint density at radius 2 is 2.00 bits per heavy atom. The van der Waals surface area contributed by atoms with E-state index in [2.05, 4.69) is 0 Å². The fourth-order valence-electron chi connectivity index (χ4n) is 4.20. The second-order valence-corrected chi connectivity index (χ2v) is 6.37. The summed E-state index contributed by atoms with van der Waals surface area (Å²) in [5, 5.41) is 0. The quantitative estimate of drug-likeness (QED) is 0.816. The van der Waals surface area contributed by atoms with Crippen molar-refractivity contribution in [1.82, 2.24) is 4.90 Å². The van der Waals surface area contributed by atoms with Gasteiger partial charge in [0.25, 0.3) is 0 Å². The molecule has 3 fully saturated rings. The molecule has 2 bridgehead atoms. The molecule has 2 aliphatic carbocycles. The second kappa shape index (κ2) is 4.56. The number of carbonyl (C=O) groups excluding carboxylic acids is 2. The minimum Gasteiger partial charge on any atom is -0.369 e. The van der Waals surface area contributed by atoms with Crippen LogP contribution in [0.2, 0.25) is 0 Å². The number of amides is 2. The average Bonchev–Trinajstić information content (AvgIpc) is 3.04. The van der Waals surface area contributed by atoms with Crippen molar-refractivity contribution in [2.24, 2.45) is 29.4 Å². The van der Waals surface area contributed by atoms with Crippen LogP contribution in [0, 0.1) is 23.7 Å². The van der Waals surface area contributed by atoms with E-state index in [1.54, 1.807) is 0 Å². The minimum absolute atomic E-state index is 0.117. The summed E-state index contributed by atoms with van der Waals surface area (Å²) in [7, 11) is 0. The van der Waals surface area contributed by atoms with E-state index in [0.29, 0.717) is 25.4 Å². The third-order valence-electron chi connectivity index (χ3n) is 5.26. The van der Waals surface area contributed by atoms with Gasteiger partial charge in [-0.05, 0) is 43.4 Å². The van der Waals surface area contributed by atoms with Crippen molar-refractivity contribution in [2.45, 2.75) is 38.5 Å². The van der Waals surface area contributed by atoms with E-state index in [-0.39, 0.29) is 17.7 Å². The molecule has 0 spiro atoms. The van der Waals surface area contributed by atoms with Gasteiger partial charge in [-0.2, -0.15) is 0 Å². The maximum absolute atomic E-state index is 12.2. The zero-order valence-electron chi connectivity index (χ0n) is 10.8. The van der Waals surface area contributed by atoms with Gasteiger partial charge < -0.3 is 10.6 Å². The molecular weight excluding hydrogens is 228 g/mol. The van der Waals surface area contributed by atoms with Crippen molar-refractivity contribution in [2.75, 3.05) is 13.1 Å². The second-order valence-electron chi connectivity index (χ2n) is 6.37. The van der Waals surface area contributed by atoms with Gasteiger partial charge in [-0.1, -0.05) is 6.42 Å². The Hall–Kier alpha value is -1.06. The van der Waals surface area contributed by atoms with Gasteiger partial charge in [0.1, 0.15) is 0 Å². The highest BCUT2D eigenvalue weighted by Crippen LogP contribution is 2.49. The summed E-state index contributed by atoms with van der Waals surface area (Å²) >= 11 is 0. The van der Waals surface area contributed by atoms with Gasteiger partial charge in [-0.3, -0.25) is 9.59 Å². The van der Waals surface area contributed by atoms with Gasteiger partial charge in [0.15, 0.2) is 0 Å². The first-order chi connectivity index (χ1) is 8.63. The van der Waals surface area contributed by atoms with Crippen LogP contribution in [0.15, 0.2) is 0 Å². The Labute approximate surface area is 108 Å². The van der Waals surface area contributed by atoms with Crippen LogP contribution >= 0.6 is 0 Å². The fourth-order valence-corrected chi connectivity index (χ4v) is 4.20. The van der Waals surface area contributed by atoms with Gasteiger partial charge in [0.2, 0.25) is 11.8 Å². The highest BCUT2D eigenvalue weighted by Gasteiger charge is 2.41. The van der Waals surface area contributed by atoms with Crippen molar-refractivity contribution in [3.05, 3.63) is 0 Å². The average molecular weight is 250 g/mol. The van der Waals surface area contributed by atoms with E-state index in [1.807, 2.05) is 4.90 Å². The molecule has 100 valence electrons. The summed E-state index contributed by atoms with van der Waals surface area (Å²) in [6, 6.07) is 0. The number of primary amides is 1. The number of rotatable bonds is 3. The number of hydrogen-bond donors (Lipinski definition) is 1.